The molecule has 0 radical (unpaired) electrons. The van der Waals surface area contributed by atoms with Gasteiger partial charge >= 0.3 is 0 Å². The van der Waals surface area contributed by atoms with Crippen LogP contribution in [-0.2, 0) is 25.2 Å². The molecule has 1 amide bonds. The molecule has 1 aromatic carbocycles. The summed E-state index contributed by atoms with van der Waals surface area (Å²) in [7, 11) is -2.51. The number of nitrogens with one attached hydrogen (secondary N) is 1. The molecule has 0 aromatic heterocycles. The second kappa shape index (κ2) is 10.4. The van der Waals surface area contributed by atoms with Crippen molar-refractivity contribution in [2.45, 2.75) is 39.3 Å². The van der Waals surface area contributed by atoms with E-state index in [1.807, 2.05) is 0 Å². The zero-order valence-corrected chi connectivity index (χ0v) is 16.0. The number of carbonyl (C=O) groups excluding carboxylic acids is 1. The Labute approximate surface area is 152 Å². The van der Waals surface area contributed by atoms with E-state index in [9.17, 15) is 24.4 Å². The molecule has 0 bridgehead atoms. The SMILES string of the molecule is CCP(=O)([O-])OC(C)c1cc(CNC(=O)CCCOC)ccc1[N+](=O)[O-]. The standard InChI is InChI=1S/C16H25N2O7P/c1-4-26(22,23)25-12(2)14-10-13(7-8-15(14)18(20)21)11-17-16(19)6-5-9-24-3/h7-8,10,12H,4-6,9,11H2,1-3H3,(H,17,19)(H,22,23)/p-1. The summed E-state index contributed by atoms with van der Waals surface area (Å²) in [5, 5.41) is 13.9. The van der Waals surface area contributed by atoms with Gasteiger partial charge in [-0.3, -0.25) is 14.9 Å². The van der Waals surface area contributed by atoms with Crippen molar-refractivity contribution in [1.29, 1.82) is 0 Å². The Kier molecular flexibility index (Phi) is 8.87. The highest BCUT2D eigenvalue weighted by molar-refractivity contribution is 7.51. The van der Waals surface area contributed by atoms with E-state index in [0.29, 0.717) is 25.0 Å². The molecule has 146 valence electrons. The summed E-state index contributed by atoms with van der Waals surface area (Å²) in [4.78, 5) is 34.0. The third-order valence-electron chi connectivity index (χ3n) is 3.67. The molecule has 2 atom stereocenters. The van der Waals surface area contributed by atoms with Crippen molar-refractivity contribution in [3.8, 4) is 0 Å². The summed E-state index contributed by atoms with van der Waals surface area (Å²) in [5.41, 5.74) is 0.521. The van der Waals surface area contributed by atoms with Gasteiger partial charge in [0, 0.05) is 38.9 Å². The van der Waals surface area contributed by atoms with Gasteiger partial charge in [0.1, 0.15) is 7.60 Å². The van der Waals surface area contributed by atoms with Crippen molar-refractivity contribution < 1.29 is 28.4 Å². The maximum absolute atomic E-state index is 11.7. The Morgan fingerprint density at radius 1 is 1.42 bits per heavy atom. The minimum absolute atomic E-state index is 0.144. The second-order valence-electron chi connectivity index (χ2n) is 5.70. The van der Waals surface area contributed by atoms with Crippen molar-refractivity contribution in [2.75, 3.05) is 19.9 Å². The lowest BCUT2D eigenvalue weighted by molar-refractivity contribution is -0.386. The van der Waals surface area contributed by atoms with E-state index in [4.69, 9.17) is 9.26 Å². The molecule has 0 aliphatic heterocycles. The lowest BCUT2D eigenvalue weighted by Gasteiger charge is -2.26. The van der Waals surface area contributed by atoms with Crippen LogP contribution in [0.5, 0.6) is 0 Å². The molecule has 0 spiro atoms. The number of nitro benzene ring substituents is 1. The first-order chi connectivity index (χ1) is 12.2. The predicted octanol–water partition coefficient (Wildman–Crippen LogP) is 2.29. The molecule has 0 fully saturated rings. The molecule has 9 nitrogen and oxygen atoms in total. The van der Waals surface area contributed by atoms with Crippen LogP contribution in [0.3, 0.4) is 0 Å². The molecule has 0 aliphatic rings. The number of rotatable bonds is 11. The minimum Gasteiger partial charge on any atom is -0.778 e. The Hall–Kier alpha value is -1.80. The van der Waals surface area contributed by atoms with Crippen LogP contribution in [0.1, 0.15) is 43.9 Å². The van der Waals surface area contributed by atoms with Crippen LogP contribution in [0.25, 0.3) is 0 Å². The number of amides is 1. The quantitative estimate of drug-likeness (QED) is 0.267. The predicted molar refractivity (Wildman–Crippen MR) is 93.7 cm³/mol. The first kappa shape index (κ1) is 22.2. The maximum Gasteiger partial charge on any atom is 0.275 e. The van der Waals surface area contributed by atoms with Gasteiger partial charge in [0.2, 0.25) is 5.91 Å². The molecular weight excluding hydrogens is 363 g/mol. The minimum atomic E-state index is -4.06. The van der Waals surface area contributed by atoms with Crippen LogP contribution >= 0.6 is 7.60 Å². The van der Waals surface area contributed by atoms with Gasteiger partial charge in [-0.1, -0.05) is 13.0 Å². The van der Waals surface area contributed by atoms with Gasteiger partial charge in [-0.2, -0.15) is 0 Å². The van der Waals surface area contributed by atoms with E-state index in [0.717, 1.165) is 0 Å². The lowest BCUT2D eigenvalue weighted by atomic mass is 10.0. The van der Waals surface area contributed by atoms with Gasteiger partial charge in [0.05, 0.1) is 16.6 Å². The Balaban J connectivity index is 2.88. The van der Waals surface area contributed by atoms with Crippen LogP contribution in [0, 0.1) is 10.1 Å². The maximum atomic E-state index is 11.7. The summed E-state index contributed by atoms with van der Waals surface area (Å²) < 4.78 is 21.5. The molecule has 1 rings (SSSR count). The van der Waals surface area contributed by atoms with E-state index in [2.05, 4.69) is 5.32 Å². The number of hydrogen-bond donors (Lipinski definition) is 1. The summed E-state index contributed by atoms with van der Waals surface area (Å²) >= 11 is 0. The zero-order chi connectivity index (χ0) is 19.7. The van der Waals surface area contributed by atoms with Gasteiger partial charge in [-0.15, -0.1) is 0 Å². The third kappa shape index (κ3) is 7.21. The van der Waals surface area contributed by atoms with Crippen LogP contribution < -0.4 is 10.2 Å². The molecule has 2 unspecified atom stereocenters. The highest BCUT2D eigenvalue weighted by Crippen LogP contribution is 2.43. The van der Waals surface area contributed by atoms with Crippen LogP contribution in [-0.4, -0.2) is 30.7 Å². The topological polar surface area (TPSA) is 131 Å². The van der Waals surface area contributed by atoms with Gasteiger partial charge in [0.15, 0.2) is 0 Å². The Morgan fingerprint density at radius 3 is 2.69 bits per heavy atom. The van der Waals surface area contributed by atoms with Crippen molar-refractivity contribution in [3.63, 3.8) is 0 Å². The summed E-state index contributed by atoms with van der Waals surface area (Å²) in [6, 6.07) is 4.28. The van der Waals surface area contributed by atoms with Crippen molar-refractivity contribution >= 4 is 19.2 Å². The third-order valence-corrected chi connectivity index (χ3v) is 5.09. The fourth-order valence-electron chi connectivity index (χ4n) is 2.24. The largest absolute Gasteiger partial charge is 0.778 e. The molecule has 0 saturated carbocycles. The Morgan fingerprint density at radius 2 is 2.12 bits per heavy atom. The molecular formula is C16H24N2O7P-. The zero-order valence-electron chi connectivity index (χ0n) is 15.1. The van der Waals surface area contributed by atoms with Crippen molar-refractivity contribution in [3.05, 3.63) is 39.4 Å². The van der Waals surface area contributed by atoms with E-state index >= 15 is 0 Å². The van der Waals surface area contributed by atoms with Crippen molar-refractivity contribution in [2.24, 2.45) is 0 Å². The average Bonchev–Trinajstić information content (AvgIpc) is 2.59. The number of benzene rings is 1. The van der Waals surface area contributed by atoms with E-state index in [-0.39, 0.29) is 29.9 Å². The number of ether oxygens (including phenoxy) is 1. The highest BCUT2D eigenvalue weighted by atomic mass is 31.2. The first-order valence-electron chi connectivity index (χ1n) is 8.21. The molecule has 1 N–H and O–H groups in total. The van der Waals surface area contributed by atoms with Gasteiger partial charge in [-0.05, 0) is 25.0 Å². The smallest absolute Gasteiger partial charge is 0.275 e. The molecule has 26 heavy (non-hydrogen) atoms. The van der Waals surface area contributed by atoms with E-state index < -0.39 is 18.6 Å². The van der Waals surface area contributed by atoms with Crippen LogP contribution in [0.15, 0.2) is 18.2 Å². The molecule has 0 aliphatic carbocycles. The Bertz CT molecular complexity index is 681. The van der Waals surface area contributed by atoms with Crippen molar-refractivity contribution in [1.82, 2.24) is 5.32 Å². The number of methoxy groups -OCH3 is 1. The number of carbonyl (C=O) groups is 1. The first-order valence-corrected chi connectivity index (χ1v) is 9.94. The summed E-state index contributed by atoms with van der Waals surface area (Å²) in [5.74, 6) is -0.165. The van der Waals surface area contributed by atoms with E-state index in [1.54, 1.807) is 7.11 Å². The van der Waals surface area contributed by atoms with Crippen LogP contribution in [0.2, 0.25) is 0 Å². The highest BCUT2D eigenvalue weighted by Gasteiger charge is 2.23. The fraction of sp³-hybridized carbons (Fsp3) is 0.562. The van der Waals surface area contributed by atoms with Gasteiger partial charge < -0.3 is 24.0 Å². The molecule has 10 heteroatoms. The summed E-state index contributed by atoms with van der Waals surface area (Å²) in [6.45, 7) is 3.53. The number of hydrogen-bond acceptors (Lipinski definition) is 7. The van der Waals surface area contributed by atoms with Crippen LogP contribution in [0.4, 0.5) is 5.69 Å². The van der Waals surface area contributed by atoms with E-state index in [1.165, 1.54) is 32.0 Å². The second-order valence-corrected chi connectivity index (χ2v) is 7.76. The number of nitrogens with zero attached hydrogens (tertiary/aromatic N) is 1. The fourth-order valence-corrected chi connectivity index (χ4v) is 2.99. The van der Waals surface area contributed by atoms with Gasteiger partial charge in [0.25, 0.3) is 5.69 Å². The monoisotopic (exact) mass is 387 g/mol. The average molecular weight is 387 g/mol. The lowest BCUT2D eigenvalue weighted by Crippen LogP contribution is -2.23. The molecule has 1 aromatic rings. The normalized spacial score (nSPS) is 14.5. The molecule has 0 heterocycles. The number of nitro groups is 1. The molecule has 0 saturated heterocycles. The summed E-state index contributed by atoms with van der Waals surface area (Å²) in [6.07, 6.45) is -0.309. The van der Waals surface area contributed by atoms with Gasteiger partial charge in [-0.25, -0.2) is 0 Å².